The Balaban J connectivity index is 1.98. The van der Waals surface area contributed by atoms with Crippen molar-refractivity contribution in [2.24, 2.45) is 11.1 Å². The van der Waals surface area contributed by atoms with E-state index >= 15 is 0 Å². The molecule has 0 saturated carbocycles. The van der Waals surface area contributed by atoms with Gasteiger partial charge in [0.1, 0.15) is 0 Å². The molecule has 1 heterocycles. The topological polar surface area (TPSA) is 49.6 Å². The zero-order chi connectivity index (χ0) is 14.8. The lowest BCUT2D eigenvalue weighted by Crippen LogP contribution is -2.53. The standard InChI is InChI=1S/C16H25N3O/c1-13-5-4-6-14(11-13)18-7-9-19(10-8-18)15(20)16(2,3)12-17/h4-6,11H,7-10,12,17H2,1-3H3. The highest BCUT2D eigenvalue weighted by atomic mass is 16.2. The number of nitrogens with two attached hydrogens (primary N) is 1. The molecule has 1 aromatic rings. The molecule has 0 atom stereocenters. The second-order valence-corrected chi connectivity index (χ2v) is 6.21. The SMILES string of the molecule is Cc1cccc(N2CCN(C(=O)C(C)(C)CN)CC2)c1. The molecule has 2 N–H and O–H groups in total. The van der Waals surface area contributed by atoms with E-state index in [0.29, 0.717) is 6.54 Å². The van der Waals surface area contributed by atoms with Gasteiger partial charge in [0.05, 0.1) is 5.41 Å². The van der Waals surface area contributed by atoms with E-state index < -0.39 is 5.41 Å². The largest absolute Gasteiger partial charge is 0.368 e. The average molecular weight is 275 g/mol. The monoisotopic (exact) mass is 275 g/mol. The molecule has 1 aliphatic heterocycles. The fourth-order valence-electron chi connectivity index (χ4n) is 2.51. The molecule has 0 spiro atoms. The van der Waals surface area contributed by atoms with Crippen LogP contribution in [0.2, 0.25) is 0 Å². The summed E-state index contributed by atoms with van der Waals surface area (Å²) in [7, 11) is 0. The van der Waals surface area contributed by atoms with Gasteiger partial charge in [-0.05, 0) is 38.5 Å². The van der Waals surface area contributed by atoms with Crippen LogP contribution in [0, 0.1) is 12.3 Å². The van der Waals surface area contributed by atoms with Crippen molar-refractivity contribution < 1.29 is 4.79 Å². The fraction of sp³-hybridized carbons (Fsp3) is 0.562. The first-order chi connectivity index (χ1) is 9.44. The van der Waals surface area contributed by atoms with Crippen LogP contribution in [-0.4, -0.2) is 43.5 Å². The Hall–Kier alpha value is -1.55. The first-order valence-corrected chi connectivity index (χ1v) is 7.25. The summed E-state index contributed by atoms with van der Waals surface area (Å²) in [6.07, 6.45) is 0. The number of amides is 1. The Labute approximate surface area is 121 Å². The van der Waals surface area contributed by atoms with Crippen molar-refractivity contribution in [3.63, 3.8) is 0 Å². The van der Waals surface area contributed by atoms with Gasteiger partial charge >= 0.3 is 0 Å². The number of carbonyl (C=O) groups is 1. The Bertz CT molecular complexity index is 476. The lowest BCUT2D eigenvalue weighted by Gasteiger charge is -2.39. The van der Waals surface area contributed by atoms with Gasteiger partial charge in [0.25, 0.3) is 0 Å². The molecule has 1 fully saturated rings. The molecule has 110 valence electrons. The van der Waals surface area contributed by atoms with Crippen LogP contribution < -0.4 is 10.6 Å². The van der Waals surface area contributed by atoms with E-state index in [0.717, 1.165) is 26.2 Å². The summed E-state index contributed by atoms with van der Waals surface area (Å²) >= 11 is 0. The van der Waals surface area contributed by atoms with E-state index in [-0.39, 0.29) is 5.91 Å². The maximum atomic E-state index is 12.4. The van der Waals surface area contributed by atoms with Gasteiger partial charge in [-0.25, -0.2) is 0 Å². The van der Waals surface area contributed by atoms with E-state index in [4.69, 9.17) is 5.73 Å². The van der Waals surface area contributed by atoms with Gasteiger partial charge in [0, 0.05) is 38.4 Å². The molecule has 0 unspecified atom stereocenters. The number of piperazine rings is 1. The summed E-state index contributed by atoms with van der Waals surface area (Å²) in [6.45, 7) is 9.65. The predicted molar refractivity (Wildman–Crippen MR) is 82.8 cm³/mol. The molecule has 2 rings (SSSR count). The van der Waals surface area contributed by atoms with Crippen molar-refractivity contribution in [1.29, 1.82) is 0 Å². The lowest BCUT2D eigenvalue weighted by atomic mass is 9.91. The molecule has 0 aromatic heterocycles. The summed E-state index contributed by atoms with van der Waals surface area (Å²) in [5, 5.41) is 0. The maximum absolute atomic E-state index is 12.4. The summed E-state index contributed by atoms with van der Waals surface area (Å²) in [5.41, 5.74) is 7.75. The van der Waals surface area contributed by atoms with Crippen LogP contribution in [0.5, 0.6) is 0 Å². The van der Waals surface area contributed by atoms with Gasteiger partial charge in [0.15, 0.2) is 0 Å². The van der Waals surface area contributed by atoms with E-state index in [1.807, 2.05) is 18.7 Å². The number of nitrogens with zero attached hydrogens (tertiary/aromatic N) is 2. The number of anilines is 1. The number of aryl methyl sites for hydroxylation is 1. The molecular weight excluding hydrogens is 250 g/mol. The average Bonchev–Trinajstić information content (AvgIpc) is 2.46. The minimum Gasteiger partial charge on any atom is -0.368 e. The summed E-state index contributed by atoms with van der Waals surface area (Å²) in [4.78, 5) is 16.7. The first-order valence-electron chi connectivity index (χ1n) is 7.25. The Morgan fingerprint density at radius 3 is 2.45 bits per heavy atom. The molecule has 20 heavy (non-hydrogen) atoms. The third-order valence-electron chi connectivity index (χ3n) is 4.02. The van der Waals surface area contributed by atoms with Crippen LogP contribution in [0.3, 0.4) is 0 Å². The van der Waals surface area contributed by atoms with Crippen LogP contribution >= 0.6 is 0 Å². The predicted octanol–water partition coefficient (Wildman–Crippen LogP) is 1.63. The first kappa shape index (κ1) is 14.9. The number of benzene rings is 1. The van der Waals surface area contributed by atoms with Crippen LogP contribution in [-0.2, 0) is 4.79 Å². The Morgan fingerprint density at radius 1 is 1.25 bits per heavy atom. The lowest BCUT2D eigenvalue weighted by molar-refractivity contribution is -0.140. The van der Waals surface area contributed by atoms with Gasteiger partial charge in [-0.3, -0.25) is 4.79 Å². The molecule has 4 nitrogen and oxygen atoms in total. The van der Waals surface area contributed by atoms with Crippen molar-refractivity contribution in [3.05, 3.63) is 29.8 Å². The van der Waals surface area contributed by atoms with Crippen LogP contribution in [0.4, 0.5) is 5.69 Å². The highest BCUT2D eigenvalue weighted by Gasteiger charge is 2.32. The summed E-state index contributed by atoms with van der Waals surface area (Å²) in [5.74, 6) is 0.170. The van der Waals surface area contributed by atoms with Gasteiger partial charge < -0.3 is 15.5 Å². The van der Waals surface area contributed by atoms with Gasteiger partial charge in [-0.15, -0.1) is 0 Å². The number of rotatable bonds is 3. The third-order valence-corrected chi connectivity index (χ3v) is 4.02. The Morgan fingerprint density at radius 2 is 1.90 bits per heavy atom. The number of carbonyl (C=O) groups excluding carboxylic acids is 1. The molecule has 1 aromatic carbocycles. The van der Waals surface area contributed by atoms with E-state index in [1.165, 1.54) is 11.3 Å². The minimum atomic E-state index is -0.453. The molecule has 1 saturated heterocycles. The van der Waals surface area contributed by atoms with Crippen molar-refractivity contribution in [3.8, 4) is 0 Å². The number of hydrogen-bond donors (Lipinski definition) is 1. The molecule has 0 bridgehead atoms. The highest BCUT2D eigenvalue weighted by Crippen LogP contribution is 2.21. The normalized spacial score (nSPS) is 16.4. The van der Waals surface area contributed by atoms with Crippen molar-refractivity contribution in [2.45, 2.75) is 20.8 Å². The van der Waals surface area contributed by atoms with Crippen molar-refractivity contribution in [1.82, 2.24) is 4.90 Å². The molecule has 4 heteroatoms. The Kier molecular flexibility index (Phi) is 4.33. The summed E-state index contributed by atoms with van der Waals surface area (Å²) in [6, 6.07) is 8.52. The third kappa shape index (κ3) is 3.12. The van der Waals surface area contributed by atoms with Gasteiger partial charge in [-0.1, -0.05) is 12.1 Å². The quantitative estimate of drug-likeness (QED) is 0.912. The molecule has 0 aliphatic carbocycles. The highest BCUT2D eigenvalue weighted by molar-refractivity contribution is 5.82. The second kappa shape index (κ2) is 5.83. The maximum Gasteiger partial charge on any atom is 0.229 e. The van der Waals surface area contributed by atoms with Crippen molar-refractivity contribution in [2.75, 3.05) is 37.6 Å². The zero-order valence-electron chi connectivity index (χ0n) is 12.7. The smallest absolute Gasteiger partial charge is 0.229 e. The van der Waals surface area contributed by atoms with Gasteiger partial charge in [-0.2, -0.15) is 0 Å². The van der Waals surface area contributed by atoms with Gasteiger partial charge in [0.2, 0.25) is 5.91 Å². The second-order valence-electron chi connectivity index (χ2n) is 6.21. The molecule has 0 radical (unpaired) electrons. The zero-order valence-corrected chi connectivity index (χ0v) is 12.7. The number of hydrogen-bond acceptors (Lipinski definition) is 3. The summed E-state index contributed by atoms with van der Waals surface area (Å²) < 4.78 is 0. The molecule has 1 aliphatic rings. The van der Waals surface area contributed by atoms with E-state index in [9.17, 15) is 4.79 Å². The van der Waals surface area contributed by atoms with Crippen molar-refractivity contribution >= 4 is 11.6 Å². The van der Waals surface area contributed by atoms with Crippen LogP contribution in [0.15, 0.2) is 24.3 Å². The molecule has 1 amide bonds. The van der Waals surface area contributed by atoms with Crippen LogP contribution in [0.25, 0.3) is 0 Å². The fourth-order valence-corrected chi connectivity index (χ4v) is 2.51. The molecular formula is C16H25N3O. The minimum absolute atomic E-state index is 0.170. The van der Waals surface area contributed by atoms with E-state index in [2.05, 4.69) is 36.1 Å². The van der Waals surface area contributed by atoms with Crippen LogP contribution in [0.1, 0.15) is 19.4 Å². The van der Waals surface area contributed by atoms with E-state index in [1.54, 1.807) is 0 Å².